The molecule has 0 bridgehead atoms. The number of halogens is 2. The van der Waals surface area contributed by atoms with Crippen LogP contribution in [0.2, 0.25) is 0 Å². The summed E-state index contributed by atoms with van der Waals surface area (Å²) in [6, 6.07) is 13.6. The molecule has 4 heterocycles. The second-order valence-corrected chi connectivity index (χ2v) is 9.05. The monoisotopic (exact) mass is 473 g/mol. The van der Waals surface area contributed by atoms with Crippen molar-refractivity contribution in [2.75, 3.05) is 36.9 Å². The molecule has 0 saturated carbocycles. The van der Waals surface area contributed by atoms with E-state index in [-0.39, 0.29) is 6.10 Å². The normalized spacial score (nSPS) is 20.1. The van der Waals surface area contributed by atoms with Crippen molar-refractivity contribution in [1.29, 1.82) is 0 Å². The Bertz CT molecular complexity index is 1390. The molecule has 6 rings (SSSR count). The van der Waals surface area contributed by atoms with Crippen molar-refractivity contribution in [2.45, 2.75) is 18.6 Å². The molecule has 0 amide bonds. The summed E-state index contributed by atoms with van der Waals surface area (Å²) in [5.74, 6) is -0.810. The largest absolute Gasteiger partial charge is 0.383 e. The molecule has 35 heavy (non-hydrogen) atoms. The minimum absolute atomic E-state index is 0.0370. The predicted molar refractivity (Wildman–Crippen MR) is 133 cm³/mol. The van der Waals surface area contributed by atoms with E-state index in [4.69, 9.17) is 10.5 Å². The highest BCUT2D eigenvalue weighted by atomic mass is 19.1. The minimum Gasteiger partial charge on any atom is -0.383 e. The number of piperidine rings is 1. The predicted octanol–water partition coefficient (Wildman–Crippen LogP) is 4.39. The van der Waals surface area contributed by atoms with Crippen LogP contribution in [-0.2, 0) is 4.74 Å². The fourth-order valence-electron chi connectivity index (χ4n) is 5.25. The van der Waals surface area contributed by atoms with Gasteiger partial charge in [-0.2, -0.15) is 0 Å². The number of pyridine rings is 2. The third kappa shape index (κ3) is 4.09. The Morgan fingerprint density at radius 2 is 1.86 bits per heavy atom. The smallest absolute Gasteiger partial charge is 0.131 e. The number of nitrogens with two attached hydrogens (primary N) is 1. The lowest BCUT2D eigenvalue weighted by atomic mass is 9.95. The fraction of sp³-hybridized carbons (Fsp3) is 0.259. The zero-order chi connectivity index (χ0) is 23.9. The van der Waals surface area contributed by atoms with E-state index in [1.54, 1.807) is 12.4 Å². The molecule has 3 N–H and O–H groups in total. The molecule has 4 aromatic rings. The molecule has 0 aliphatic carbocycles. The average Bonchev–Trinajstić information content (AvgIpc) is 2.87. The molecular formula is C27H25F2N5O. The summed E-state index contributed by atoms with van der Waals surface area (Å²) in [6.07, 6.45) is 4.30. The Kier molecular flexibility index (Phi) is 5.54. The summed E-state index contributed by atoms with van der Waals surface area (Å²) in [5.41, 5.74) is 10.7. The number of ether oxygens (including phenoxy) is 1. The molecule has 0 radical (unpaired) electrons. The van der Waals surface area contributed by atoms with Gasteiger partial charge in [-0.1, -0.05) is 6.07 Å². The number of hydrogen-bond donors (Lipinski definition) is 2. The van der Waals surface area contributed by atoms with Crippen molar-refractivity contribution in [2.24, 2.45) is 0 Å². The number of benzene rings is 2. The number of fused-ring (bicyclic) bond motifs is 2. The maximum absolute atomic E-state index is 14.2. The van der Waals surface area contributed by atoms with Crippen LogP contribution in [0, 0.1) is 11.6 Å². The zero-order valence-corrected chi connectivity index (χ0v) is 19.0. The van der Waals surface area contributed by atoms with Gasteiger partial charge in [0.25, 0.3) is 0 Å². The van der Waals surface area contributed by atoms with Crippen LogP contribution in [0.1, 0.15) is 6.42 Å². The summed E-state index contributed by atoms with van der Waals surface area (Å²) in [4.78, 5) is 11.1. The van der Waals surface area contributed by atoms with Gasteiger partial charge in [-0.3, -0.25) is 4.98 Å². The fourth-order valence-corrected chi connectivity index (χ4v) is 5.25. The minimum atomic E-state index is -0.624. The summed E-state index contributed by atoms with van der Waals surface area (Å²) >= 11 is 0. The molecule has 2 aliphatic rings. The van der Waals surface area contributed by atoms with Crippen LogP contribution in [0.3, 0.4) is 0 Å². The maximum atomic E-state index is 14.2. The summed E-state index contributed by atoms with van der Waals surface area (Å²) in [5, 5.41) is 4.43. The van der Waals surface area contributed by atoms with E-state index in [1.165, 1.54) is 12.1 Å². The van der Waals surface area contributed by atoms with Gasteiger partial charge >= 0.3 is 0 Å². The van der Waals surface area contributed by atoms with Gasteiger partial charge < -0.3 is 20.7 Å². The van der Waals surface area contributed by atoms with Gasteiger partial charge in [0.1, 0.15) is 17.5 Å². The van der Waals surface area contributed by atoms with Gasteiger partial charge in [-0.15, -0.1) is 0 Å². The van der Waals surface area contributed by atoms with Gasteiger partial charge in [-0.05, 0) is 53.9 Å². The lowest BCUT2D eigenvalue weighted by Crippen LogP contribution is -2.57. The first-order chi connectivity index (χ1) is 17.1. The number of nitrogens with one attached hydrogen (secondary N) is 1. The lowest BCUT2D eigenvalue weighted by Gasteiger charge is -2.43. The number of morpholine rings is 1. The van der Waals surface area contributed by atoms with Gasteiger partial charge in [0.05, 0.1) is 23.9 Å². The molecule has 2 atom stereocenters. The molecule has 2 saturated heterocycles. The Morgan fingerprint density at radius 1 is 1.00 bits per heavy atom. The third-order valence-electron chi connectivity index (χ3n) is 6.88. The molecule has 8 heteroatoms. The highest BCUT2D eigenvalue weighted by Crippen LogP contribution is 2.40. The van der Waals surface area contributed by atoms with Crippen molar-refractivity contribution in [1.82, 2.24) is 15.3 Å². The highest BCUT2D eigenvalue weighted by molar-refractivity contribution is 6.02. The van der Waals surface area contributed by atoms with Crippen LogP contribution in [0.4, 0.5) is 20.3 Å². The number of nitrogens with zero attached hydrogens (tertiary/aromatic N) is 3. The summed E-state index contributed by atoms with van der Waals surface area (Å²) < 4.78 is 34.5. The van der Waals surface area contributed by atoms with Crippen LogP contribution in [-0.4, -0.2) is 48.4 Å². The molecule has 178 valence electrons. The Morgan fingerprint density at radius 3 is 2.69 bits per heavy atom. The topological polar surface area (TPSA) is 76.3 Å². The van der Waals surface area contributed by atoms with E-state index in [9.17, 15) is 8.78 Å². The highest BCUT2D eigenvalue weighted by Gasteiger charge is 2.33. The van der Waals surface area contributed by atoms with E-state index in [2.05, 4.69) is 20.2 Å². The number of anilines is 2. The van der Waals surface area contributed by atoms with Gasteiger partial charge in [-0.25, -0.2) is 13.8 Å². The lowest BCUT2D eigenvalue weighted by molar-refractivity contribution is -0.00896. The van der Waals surface area contributed by atoms with Crippen LogP contribution >= 0.6 is 0 Å². The number of aromatic nitrogens is 2. The SMILES string of the molecule is Nc1ncccc1-c1ccc2ncc(-c3cc(F)cc(F)c3)c(N3CCC4NCCO[C@@H]4C3)c2c1. The quantitative estimate of drug-likeness (QED) is 0.460. The molecule has 1 unspecified atom stereocenters. The van der Waals surface area contributed by atoms with Gasteiger partial charge in [0.2, 0.25) is 0 Å². The standard InChI is InChI=1S/C27H25F2N5O/c28-18-10-17(11-19(29)13-18)22-14-33-23-4-3-16(20-2-1-6-32-27(20)30)12-21(23)26(22)34-8-5-24-25(15-34)35-9-7-31-24/h1-4,6,10-14,24-25,31H,5,7-9,15H2,(H2,30,32)/t24?,25-/m1/s1. The van der Waals surface area contributed by atoms with Crippen molar-refractivity contribution >= 4 is 22.4 Å². The first-order valence-electron chi connectivity index (χ1n) is 11.8. The molecule has 0 spiro atoms. The summed E-state index contributed by atoms with van der Waals surface area (Å²) in [7, 11) is 0. The van der Waals surface area contributed by atoms with Crippen LogP contribution < -0.4 is 16.0 Å². The molecular weight excluding hydrogens is 448 g/mol. The van der Waals surface area contributed by atoms with Crippen LogP contribution in [0.5, 0.6) is 0 Å². The Hall–Kier alpha value is -3.62. The molecule has 2 fully saturated rings. The summed E-state index contributed by atoms with van der Waals surface area (Å²) in [6.45, 7) is 2.96. The number of rotatable bonds is 3. The average molecular weight is 474 g/mol. The molecule has 2 aliphatic heterocycles. The first kappa shape index (κ1) is 21.9. The third-order valence-corrected chi connectivity index (χ3v) is 6.88. The Balaban J connectivity index is 1.55. The Labute approximate surface area is 201 Å². The van der Waals surface area contributed by atoms with Crippen LogP contribution in [0.15, 0.2) is 60.9 Å². The van der Waals surface area contributed by atoms with E-state index in [0.29, 0.717) is 36.1 Å². The van der Waals surface area contributed by atoms with Crippen molar-refractivity contribution < 1.29 is 13.5 Å². The van der Waals surface area contributed by atoms with Gasteiger partial charge in [0, 0.05) is 60.6 Å². The second-order valence-electron chi connectivity index (χ2n) is 9.05. The zero-order valence-electron chi connectivity index (χ0n) is 19.0. The number of nitrogen functional groups attached to an aromatic ring is 1. The van der Waals surface area contributed by atoms with Crippen molar-refractivity contribution in [3.8, 4) is 22.3 Å². The number of hydrogen-bond acceptors (Lipinski definition) is 6. The maximum Gasteiger partial charge on any atom is 0.131 e. The first-order valence-corrected chi connectivity index (χ1v) is 11.8. The second kappa shape index (κ2) is 8.87. The van der Waals surface area contributed by atoms with E-state index >= 15 is 0 Å². The molecule has 2 aromatic carbocycles. The van der Waals surface area contributed by atoms with Gasteiger partial charge in [0.15, 0.2) is 0 Å². The van der Waals surface area contributed by atoms with E-state index in [0.717, 1.165) is 53.3 Å². The van der Waals surface area contributed by atoms with E-state index < -0.39 is 11.6 Å². The van der Waals surface area contributed by atoms with E-state index in [1.807, 2.05) is 30.3 Å². The molecule has 2 aromatic heterocycles. The van der Waals surface area contributed by atoms with Crippen LogP contribution in [0.25, 0.3) is 33.2 Å². The molecule has 6 nitrogen and oxygen atoms in total. The van der Waals surface area contributed by atoms with Crippen molar-refractivity contribution in [3.05, 3.63) is 72.6 Å². The van der Waals surface area contributed by atoms with Crippen molar-refractivity contribution in [3.63, 3.8) is 0 Å².